The van der Waals surface area contributed by atoms with E-state index in [2.05, 4.69) is 5.32 Å². The van der Waals surface area contributed by atoms with Crippen molar-refractivity contribution >= 4 is 29.8 Å². The van der Waals surface area contributed by atoms with Gasteiger partial charge in [-0.15, -0.1) is 0 Å². The van der Waals surface area contributed by atoms with E-state index in [-0.39, 0.29) is 63.1 Å². The van der Waals surface area contributed by atoms with Crippen LogP contribution >= 0.6 is 0 Å². The summed E-state index contributed by atoms with van der Waals surface area (Å²) in [7, 11) is 2.99. The number of hydrogen-bond acceptors (Lipinski definition) is 16. The number of carbonyl (C=O) groups is 5. The number of esters is 3. The summed E-state index contributed by atoms with van der Waals surface area (Å²) >= 11 is 0. The number of fused-ring (bicyclic) bond motifs is 5. The second-order valence-electron chi connectivity index (χ2n) is 18.8. The number of methoxy groups -OCH3 is 2. The molecule has 17 nitrogen and oxygen atoms in total. The van der Waals surface area contributed by atoms with Gasteiger partial charge >= 0.3 is 24.0 Å². The number of aliphatic hydroxyl groups excluding tert-OH is 1. The van der Waals surface area contributed by atoms with Crippen LogP contribution in [0.25, 0.3) is 0 Å². The van der Waals surface area contributed by atoms with Crippen molar-refractivity contribution in [2.45, 2.75) is 114 Å². The van der Waals surface area contributed by atoms with Crippen molar-refractivity contribution in [1.29, 1.82) is 0 Å². The Kier molecular flexibility index (Phi) is 14.8. The molecule has 2 aromatic rings. The third-order valence-corrected chi connectivity index (χ3v) is 14.4. The molecule has 360 valence electrons. The van der Waals surface area contributed by atoms with Gasteiger partial charge in [0.15, 0.2) is 17.5 Å². The molecule has 17 heteroatoms. The molecule has 2 aromatic carbocycles. The number of aliphatic hydroxyl groups is 2. The van der Waals surface area contributed by atoms with Crippen molar-refractivity contribution in [3.8, 4) is 0 Å². The molecule has 0 aromatic heterocycles. The number of alkyl carbamates (subject to hydrolysis) is 1. The van der Waals surface area contributed by atoms with Crippen molar-refractivity contribution in [2.24, 2.45) is 22.7 Å². The molecule has 0 spiro atoms. The summed E-state index contributed by atoms with van der Waals surface area (Å²) in [5.41, 5.74) is -6.13. The average molecular weight is 922 g/mol. The van der Waals surface area contributed by atoms with Gasteiger partial charge in [-0.3, -0.25) is 9.59 Å². The fourth-order valence-electron chi connectivity index (χ4n) is 10.6. The summed E-state index contributed by atoms with van der Waals surface area (Å²) in [4.78, 5) is 71.3. The van der Waals surface area contributed by atoms with Crippen LogP contribution in [0.2, 0.25) is 0 Å². The highest BCUT2D eigenvalue weighted by molar-refractivity contribution is 5.94. The van der Waals surface area contributed by atoms with Gasteiger partial charge in [0, 0.05) is 39.4 Å². The average Bonchev–Trinajstić information content (AvgIpc) is 4.13. The molecule has 1 heterocycles. The van der Waals surface area contributed by atoms with Crippen molar-refractivity contribution in [1.82, 2.24) is 5.32 Å². The number of amides is 1. The maximum Gasteiger partial charge on any atom is 0.407 e. The number of hydrogen-bond donors (Lipinski definition) is 3. The van der Waals surface area contributed by atoms with Crippen LogP contribution in [-0.2, 0) is 57.0 Å². The van der Waals surface area contributed by atoms with E-state index in [0.717, 1.165) is 12.8 Å². The minimum atomic E-state index is -2.27. The number of ketones is 1. The molecule has 1 amide bonds. The molecule has 2 bridgehead atoms. The number of ether oxygens (including phenoxy) is 9. The van der Waals surface area contributed by atoms with Crippen LogP contribution in [-0.4, -0.2) is 142 Å². The number of rotatable bonds is 18. The Morgan fingerprint density at radius 2 is 1.53 bits per heavy atom. The van der Waals surface area contributed by atoms with Crippen LogP contribution in [0.3, 0.4) is 0 Å². The van der Waals surface area contributed by atoms with Crippen LogP contribution < -0.4 is 5.32 Å². The smallest absolute Gasteiger partial charge is 0.407 e. The molecule has 66 heavy (non-hydrogen) atoms. The van der Waals surface area contributed by atoms with Crippen molar-refractivity contribution in [3.63, 3.8) is 0 Å². The van der Waals surface area contributed by atoms with Crippen molar-refractivity contribution in [3.05, 3.63) is 82.9 Å². The minimum absolute atomic E-state index is 0.0443. The SMILES string of the molecule is COCCO[C@H]1C(=O)[C@@]2(C)C([C@H](OC(=O)c3ccccc3)[C@]3(O)C[C@H](OC(=O)[C@H](O)[C@@H](NC(=O)OCC4CC4)c4ccccc4)C(C)=C1C3(C)C)[C@]1(OC(C)=O)CO[C@@H]1C[C@@H]2OCCOC. The number of nitrogens with one attached hydrogen (secondary N) is 1. The fraction of sp³-hybridized carbons (Fsp3) is 0.612. The first-order chi connectivity index (χ1) is 31.4. The van der Waals surface area contributed by atoms with Crippen LogP contribution in [0.1, 0.15) is 82.3 Å². The second kappa shape index (κ2) is 19.8. The summed E-state index contributed by atoms with van der Waals surface area (Å²) in [5, 5.41) is 28.4. The van der Waals surface area contributed by atoms with E-state index < -0.39 is 107 Å². The van der Waals surface area contributed by atoms with E-state index in [1.165, 1.54) is 21.1 Å². The Balaban J connectivity index is 1.39. The Hall–Kier alpha value is -4.75. The Morgan fingerprint density at radius 3 is 2.12 bits per heavy atom. The Morgan fingerprint density at radius 1 is 0.894 bits per heavy atom. The number of benzene rings is 2. The predicted octanol–water partition coefficient (Wildman–Crippen LogP) is 4.21. The first-order valence-electron chi connectivity index (χ1n) is 22.6. The molecule has 1 aliphatic heterocycles. The number of Topliss-reactive ketones (excluding diaryl/α,β-unsaturated/α-hetero) is 1. The zero-order valence-electron chi connectivity index (χ0n) is 38.7. The molecule has 3 saturated carbocycles. The van der Waals surface area contributed by atoms with Crippen molar-refractivity contribution in [2.75, 3.05) is 53.9 Å². The first kappa shape index (κ1) is 49.2. The molecular formula is C49H63NO16. The molecule has 4 aliphatic carbocycles. The molecule has 1 saturated heterocycles. The van der Waals surface area contributed by atoms with Crippen molar-refractivity contribution < 1.29 is 76.8 Å². The van der Waals surface area contributed by atoms with E-state index >= 15 is 4.79 Å². The molecule has 3 N–H and O–H groups in total. The van der Waals surface area contributed by atoms with Crippen LogP contribution in [0, 0.1) is 22.7 Å². The van der Waals surface area contributed by atoms with Gasteiger partial charge in [-0.2, -0.15) is 0 Å². The molecule has 5 aliphatic rings. The highest BCUT2D eigenvalue weighted by Gasteiger charge is 2.78. The van der Waals surface area contributed by atoms with Crippen LogP contribution in [0.4, 0.5) is 4.79 Å². The summed E-state index contributed by atoms with van der Waals surface area (Å²) in [6.07, 6.45) is -7.77. The summed E-state index contributed by atoms with van der Waals surface area (Å²) in [6.45, 7) is 8.06. The van der Waals surface area contributed by atoms with Gasteiger partial charge in [-0.1, -0.05) is 62.4 Å². The fourth-order valence-corrected chi connectivity index (χ4v) is 10.6. The Bertz CT molecular complexity index is 2130. The quantitative estimate of drug-likeness (QED) is 0.0825. The van der Waals surface area contributed by atoms with Gasteiger partial charge in [0.05, 0.1) is 68.7 Å². The third-order valence-electron chi connectivity index (χ3n) is 14.4. The number of carbonyl (C=O) groups excluding carboxylic acids is 5. The maximum atomic E-state index is 16.1. The Labute approximate surface area is 384 Å². The summed E-state index contributed by atoms with van der Waals surface area (Å²) < 4.78 is 54.3. The van der Waals surface area contributed by atoms with Gasteiger partial charge in [0.2, 0.25) is 0 Å². The topological polar surface area (TPSA) is 221 Å². The molecule has 11 atom stereocenters. The second-order valence-corrected chi connectivity index (χ2v) is 18.8. The first-order valence-corrected chi connectivity index (χ1v) is 22.6. The highest BCUT2D eigenvalue weighted by atomic mass is 16.6. The minimum Gasteiger partial charge on any atom is -0.456 e. The lowest BCUT2D eigenvalue weighted by Crippen LogP contribution is -2.82. The normalized spacial score (nSPS) is 31.9. The van der Waals surface area contributed by atoms with E-state index in [9.17, 15) is 29.4 Å². The summed E-state index contributed by atoms with van der Waals surface area (Å²) in [5.74, 6) is -4.39. The lowest BCUT2D eigenvalue weighted by molar-refractivity contribution is -0.349. The van der Waals surface area contributed by atoms with Crippen LogP contribution in [0.15, 0.2) is 71.8 Å². The van der Waals surface area contributed by atoms with E-state index in [1.54, 1.807) is 88.4 Å². The van der Waals surface area contributed by atoms with E-state index in [0.29, 0.717) is 11.1 Å². The van der Waals surface area contributed by atoms with Gasteiger partial charge < -0.3 is 58.2 Å². The zero-order chi connectivity index (χ0) is 47.6. The zero-order valence-corrected chi connectivity index (χ0v) is 38.7. The molecule has 7 rings (SSSR count). The molecule has 4 fully saturated rings. The monoisotopic (exact) mass is 921 g/mol. The third kappa shape index (κ3) is 9.15. The lowest BCUT2D eigenvalue weighted by atomic mass is 9.44. The predicted molar refractivity (Wildman–Crippen MR) is 233 cm³/mol. The largest absolute Gasteiger partial charge is 0.456 e. The van der Waals surface area contributed by atoms with E-state index in [1.807, 2.05) is 0 Å². The standard InChI is InChI=1S/C49H63NO16/c1-28-33(64-44(55)38(52)37(31-14-10-8-11-15-31)50-45(56)62-26-30-18-19-30)25-49(57)42(65-43(54)32-16-12-9-13-17-32)40-47(5,41(53)39(61-23-21-59-7)36(28)46(49,3)4)34(60-22-20-58-6)24-35-48(40,27-63-35)66-29(2)51/h8-17,30,33-35,37-40,42,52,57H,18-27H2,1-7H3,(H,50,56)/t33-,34-,35+,37-,38+,39+,40?,42-,47+,48-,49+/m0/s1. The van der Waals surface area contributed by atoms with Gasteiger partial charge in [0.25, 0.3) is 0 Å². The van der Waals surface area contributed by atoms with Gasteiger partial charge in [-0.25, -0.2) is 14.4 Å². The molecule has 0 radical (unpaired) electrons. The van der Waals surface area contributed by atoms with Gasteiger partial charge in [-0.05, 0) is 61.4 Å². The highest BCUT2D eigenvalue weighted by Crippen LogP contribution is 2.65. The molecular weight excluding hydrogens is 859 g/mol. The molecule has 1 unspecified atom stereocenters. The van der Waals surface area contributed by atoms with E-state index in [4.69, 9.17) is 42.6 Å². The summed E-state index contributed by atoms with van der Waals surface area (Å²) in [6, 6.07) is 15.1. The van der Waals surface area contributed by atoms with Crippen LogP contribution in [0.5, 0.6) is 0 Å². The maximum absolute atomic E-state index is 16.1. The lowest BCUT2D eigenvalue weighted by Gasteiger charge is -2.68. The van der Waals surface area contributed by atoms with Gasteiger partial charge in [0.1, 0.15) is 30.0 Å².